The number of aryl methyl sites for hydroxylation is 2. The number of benzene rings is 2. The smallest absolute Gasteiger partial charge is 0.0357 e. The molecule has 0 N–H and O–H groups in total. The molecule has 0 amide bonds. The van der Waals surface area contributed by atoms with Crippen LogP contribution in [0, 0.1) is 13.8 Å². The molecule has 5 heteroatoms. The SMILES string of the molecule is Cc1ccccc1C(S)CS.Cc1ccccc1C(S)CS.[Ni]. The zero-order chi connectivity index (χ0) is 16.5. The molecule has 0 spiro atoms. The molecule has 0 nitrogen and oxygen atoms in total. The Hall–Kier alpha value is 0.334. The van der Waals surface area contributed by atoms with E-state index in [0.29, 0.717) is 0 Å². The van der Waals surface area contributed by atoms with E-state index in [2.05, 4.69) is 88.6 Å². The Balaban J connectivity index is 0.000000403. The van der Waals surface area contributed by atoms with Crippen molar-refractivity contribution in [3.05, 3.63) is 70.8 Å². The van der Waals surface area contributed by atoms with Gasteiger partial charge in [0, 0.05) is 38.5 Å². The van der Waals surface area contributed by atoms with Gasteiger partial charge in [-0.15, -0.1) is 0 Å². The minimum absolute atomic E-state index is 0. The van der Waals surface area contributed by atoms with Crippen molar-refractivity contribution in [1.82, 2.24) is 0 Å². The Labute approximate surface area is 172 Å². The van der Waals surface area contributed by atoms with Crippen LogP contribution in [-0.4, -0.2) is 11.5 Å². The molecule has 2 rings (SSSR count). The van der Waals surface area contributed by atoms with Crippen molar-refractivity contribution in [2.75, 3.05) is 11.5 Å². The molecular formula is C18H24NiS4. The molecule has 0 aliphatic carbocycles. The quantitative estimate of drug-likeness (QED) is 0.345. The summed E-state index contributed by atoms with van der Waals surface area (Å²) in [5, 5.41) is 0.527. The zero-order valence-corrected chi connectivity index (χ0v) is 17.9. The predicted molar refractivity (Wildman–Crippen MR) is 114 cm³/mol. The van der Waals surface area contributed by atoms with Gasteiger partial charge in [0.15, 0.2) is 0 Å². The van der Waals surface area contributed by atoms with Crippen molar-refractivity contribution in [1.29, 1.82) is 0 Å². The summed E-state index contributed by atoms with van der Waals surface area (Å²) in [6.07, 6.45) is 0. The molecule has 2 aromatic rings. The van der Waals surface area contributed by atoms with E-state index in [1.54, 1.807) is 0 Å². The van der Waals surface area contributed by atoms with Crippen LogP contribution in [0.4, 0.5) is 0 Å². The largest absolute Gasteiger partial charge is 0.178 e. The molecule has 0 aliphatic rings. The second kappa shape index (κ2) is 12.7. The molecule has 0 saturated heterocycles. The Morgan fingerprint density at radius 3 is 1.26 bits per heavy atom. The Kier molecular flexibility index (Phi) is 12.8. The van der Waals surface area contributed by atoms with Crippen molar-refractivity contribution in [2.24, 2.45) is 0 Å². The molecule has 0 aromatic heterocycles. The average Bonchev–Trinajstić information content (AvgIpc) is 2.55. The van der Waals surface area contributed by atoms with E-state index in [-0.39, 0.29) is 27.0 Å². The summed E-state index contributed by atoms with van der Waals surface area (Å²) in [6, 6.07) is 16.6. The summed E-state index contributed by atoms with van der Waals surface area (Å²) in [5.41, 5.74) is 5.15. The van der Waals surface area contributed by atoms with Crippen LogP contribution in [0.1, 0.15) is 32.8 Å². The fraction of sp³-hybridized carbons (Fsp3) is 0.333. The first kappa shape index (κ1) is 23.3. The van der Waals surface area contributed by atoms with E-state index in [0.717, 1.165) is 11.5 Å². The summed E-state index contributed by atoms with van der Waals surface area (Å²) in [4.78, 5) is 0. The first-order valence-corrected chi connectivity index (χ1v) is 9.50. The van der Waals surface area contributed by atoms with E-state index in [1.165, 1.54) is 22.3 Å². The molecule has 2 unspecified atom stereocenters. The van der Waals surface area contributed by atoms with Crippen LogP contribution in [-0.2, 0) is 16.5 Å². The van der Waals surface area contributed by atoms with Crippen molar-refractivity contribution < 1.29 is 16.5 Å². The third-order valence-corrected chi connectivity index (χ3v) is 5.67. The summed E-state index contributed by atoms with van der Waals surface area (Å²) < 4.78 is 0. The van der Waals surface area contributed by atoms with Crippen molar-refractivity contribution in [2.45, 2.75) is 24.3 Å². The fourth-order valence-corrected chi connectivity index (χ4v) is 3.09. The number of rotatable bonds is 4. The average molecular weight is 427 g/mol. The predicted octanol–water partition coefficient (Wildman–Crippen LogP) is 5.79. The summed E-state index contributed by atoms with van der Waals surface area (Å²) in [7, 11) is 0. The van der Waals surface area contributed by atoms with Crippen molar-refractivity contribution in [3.63, 3.8) is 0 Å². The van der Waals surface area contributed by atoms with Crippen molar-refractivity contribution in [3.8, 4) is 0 Å². The molecule has 0 aliphatic heterocycles. The summed E-state index contributed by atoms with van der Waals surface area (Å²) >= 11 is 17.2. The molecule has 0 heterocycles. The Morgan fingerprint density at radius 2 is 1.00 bits per heavy atom. The minimum Gasteiger partial charge on any atom is -0.178 e. The van der Waals surface area contributed by atoms with Crippen LogP contribution in [0.15, 0.2) is 48.5 Å². The molecule has 0 radical (unpaired) electrons. The van der Waals surface area contributed by atoms with Gasteiger partial charge < -0.3 is 0 Å². The van der Waals surface area contributed by atoms with Gasteiger partial charge in [-0.3, -0.25) is 0 Å². The Morgan fingerprint density at radius 1 is 0.696 bits per heavy atom. The summed E-state index contributed by atoms with van der Waals surface area (Å²) in [5.74, 6) is 1.57. The molecule has 0 bridgehead atoms. The molecular weight excluding hydrogens is 403 g/mol. The first-order chi connectivity index (χ1) is 10.5. The third-order valence-electron chi connectivity index (χ3n) is 3.44. The normalized spacial score (nSPS) is 12.4. The van der Waals surface area contributed by atoms with Gasteiger partial charge in [-0.2, -0.15) is 50.5 Å². The van der Waals surface area contributed by atoms with Crippen molar-refractivity contribution >= 4 is 50.5 Å². The third kappa shape index (κ3) is 7.83. The number of thiol groups is 4. The van der Waals surface area contributed by atoms with Crippen LogP contribution < -0.4 is 0 Å². The zero-order valence-electron chi connectivity index (χ0n) is 13.3. The number of hydrogen-bond donors (Lipinski definition) is 4. The first-order valence-electron chi connectivity index (χ1n) is 7.20. The van der Waals surface area contributed by atoms with E-state index in [9.17, 15) is 0 Å². The van der Waals surface area contributed by atoms with Gasteiger partial charge in [0.25, 0.3) is 0 Å². The molecule has 2 atom stereocenters. The second-order valence-corrected chi connectivity index (χ2v) is 7.09. The van der Waals surface area contributed by atoms with Crippen LogP contribution in [0.5, 0.6) is 0 Å². The number of hydrogen-bond acceptors (Lipinski definition) is 4. The minimum atomic E-state index is 0. The molecule has 0 saturated carbocycles. The topological polar surface area (TPSA) is 0 Å². The van der Waals surface area contributed by atoms with Crippen LogP contribution in [0.2, 0.25) is 0 Å². The maximum Gasteiger partial charge on any atom is 0.0357 e. The van der Waals surface area contributed by atoms with E-state index < -0.39 is 0 Å². The molecule has 2 aromatic carbocycles. The Bertz CT molecular complexity index is 523. The van der Waals surface area contributed by atoms with Crippen LogP contribution in [0.25, 0.3) is 0 Å². The second-order valence-electron chi connectivity index (χ2n) is 5.11. The maximum absolute atomic E-state index is 4.41. The van der Waals surface area contributed by atoms with Gasteiger partial charge >= 0.3 is 0 Å². The van der Waals surface area contributed by atoms with Gasteiger partial charge in [0.2, 0.25) is 0 Å². The van der Waals surface area contributed by atoms with Crippen LogP contribution in [0.3, 0.4) is 0 Å². The van der Waals surface area contributed by atoms with E-state index >= 15 is 0 Å². The van der Waals surface area contributed by atoms with Gasteiger partial charge in [-0.25, -0.2) is 0 Å². The fourth-order valence-electron chi connectivity index (χ4n) is 2.12. The monoisotopic (exact) mass is 426 g/mol. The standard InChI is InChI=1S/2C9H12S2.Ni/c2*1-7-4-2-3-5-8(7)9(11)6-10;/h2*2-5,9-11H,6H2,1H3;. The van der Waals surface area contributed by atoms with E-state index in [1.807, 2.05) is 24.3 Å². The van der Waals surface area contributed by atoms with Gasteiger partial charge in [0.1, 0.15) is 0 Å². The van der Waals surface area contributed by atoms with Crippen LogP contribution >= 0.6 is 50.5 Å². The van der Waals surface area contributed by atoms with Gasteiger partial charge in [-0.05, 0) is 36.1 Å². The molecule has 130 valence electrons. The molecule has 0 fully saturated rings. The van der Waals surface area contributed by atoms with E-state index in [4.69, 9.17) is 0 Å². The molecule has 23 heavy (non-hydrogen) atoms. The van der Waals surface area contributed by atoms with Gasteiger partial charge in [-0.1, -0.05) is 48.5 Å². The van der Waals surface area contributed by atoms with Gasteiger partial charge in [0.05, 0.1) is 0 Å². The maximum atomic E-state index is 4.41. The summed E-state index contributed by atoms with van der Waals surface area (Å²) in [6.45, 7) is 4.20.